The molecule has 3 atom stereocenters. The summed E-state index contributed by atoms with van der Waals surface area (Å²) < 4.78 is 7.60. The van der Waals surface area contributed by atoms with Crippen LogP contribution in [0.5, 0.6) is 0 Å². The van der Waals surface area contributed by atoms with E-state index in [4.69, 9.17) is 4.74 Å². The van der Waals surface area contributed by atoms with E-state index in [2.05, 4.69) is 21.3 Å². The normalized spacial score (nSPS) is 36.5. The molecule has 3 aliphatic heterocycles. The van der Waals surface area contributed by atoms with Crippen LogP contribution in [0.1, 0.15) is 31.4 Å². The molecule has 22 heavy (non-hydrogen) atoms. The summed E-state index contributed by atoms with van der Waals surface area (Å²) in [4.78, 5) is 14.6. The molecule has 2 saturated heterocycles. The van der Waals surface area contributed by atoms with Crippen LogP contribution in [-0.4, -0.2) is 50.1 Å². The Bertz CT molecular complexity index is 734. The number of fused-ring (bicyclic) bond motifs is 3. The smallest absolute Gasteiger partial charge is 0.332 e. The maximum Gasteiger partial charge on any atom is 0.332 e. The summed E-state index contributed by atoms with van der Waals surface area (Å²) >= 11 is 0. The standard InChI is InChI=1S/C16H18N4O2/c1-19-9-13(17-18-19)11-6-10-8-16(12(11)7-15(21)22-16)14-4-2-3-5-20(10)14/h6-7,9-10,14H,2-5,8H2,1H3/t10-,14-,16+/m1/s1. The number of rotatable bonds is 1. The molecule has 6 nitrogen and oxygen atoms in total. The van der Waals surface area contributed by atoms with Gasteiger partial charge in [0.05, 0.1) is 12.2 Å². The molecule has 1 spiro atoms. The van der Waals surface area contributed by atoms with Crippen LogP contribution in [-0.2, 0) is 16.6 Å². The fourth-order valence-corrected chi connectivity index (χ4v) is 4.76. The monoisotopic (exact) mass is 298 g/mol. The van der Waals surface area contributed by atoms with Gasteiger partial charge in [0.1, 0.15) is 5.69 Å². The summed E-state index contributed by atoms with van der Waals surface area (Å²) in [5.74, 6) is -0.210. The van der Waals surface area contributed by atoms with Gasteiger partial charge in [-0.3, -0.25) is 9.58 Å². The highest BCUT2D eigenvalue weighted by molar-refractivity contribution is 5.96. The summed E-state index contributed by atoms with van der Waals surface area (Å²) in [6, 6.07) is 0.653. The van der Waals surface area contributed by atoms with E-state index in [1.807, 2.05) is 13.2 Å². The van der Waals surface area contributed by atoms with Crippen molar-refractivity contribution >= 4 is 11.5 Å². The highest BCUT2D eigenvalue weighted by Crippen LogP contribution is 2.55. The highest BCUT2D eigenvalue weighted by atomic mass is 16.6. The second kappa shape index (κ2) is 4.07. The van der Waals surface area contributed by atoms with E-state index >= 15 is 0 Å². The Labute approximate surface area is 128 Å². The van der Waals surface area contributed by atoms with Gasteiger partial charge in [-0.05, 0) is 19.4 Å². The lowest BCUT2D eigenvalue weighted by atomic mass is 9.76. The number of piperidine rings is 1. The van der Waals surface area contributed by atoms with Gasteiger partial charge >= 0.3 is 5.97 Å². The van der Waals surface area contributed by atoms with Gasteiger partial charge in [0.25, 0.3) is 0 Å². The number of hydrogen-bond donors (Lipinski definition) is 0. The molecule has 0 unspecified atom stereocenters. The van der Waals surface area contributed by atoms with Crippen molar-refractivity contribution in [1.82, 2.24) is 19.9 Å². The van der Waals surface area contributed by atoms with E-state index < -0.39 is 5.60 Å². The van der Waals surface area contributed by atoms with Crippen LogP contribution in [0.25, 0.3) is 5.57 Å². The number of carbonyl (C=O) groups is 1. The van der Waals surface area contributed by atoms with Crippen LogP contribution in [0.15, 0.2) is 23.9 Å². The lowest BCUT2D eigenvalue weighted by molar-refractivity contribution is -0.148. The topological polar surface area (TPSA) is 60.2 Å². The van der Waals surface area contributed by atoms with Crippen molar-refractivity contribution in [3.63, 3.8) is 0 Å². The molecule has 4 aliphatic rings. The zero-order chi connectivity index (χ0) is 14.9. The molecular formula is C16H18N4O2. The number of ether oxygens (including phenoxy) is 1. The summed E-state index contributed by atoms with van der Waals surface area (Å²) in [5, 5.41) is 8.30. The molecule has 2 bridgehead atoms. The summed E-state index contributed by atoms with van der Waals surface area (Å²) in [7, 11) is 1.86. The fourth-order valence-electron chi connectivity index (χ4n) is 4.76. The predicted octanol–water partition coefficient (Wildman–Crippen LogP) is 1.06. The minimum absolute atomic E-state index is 0.210. The molecule has 114 valence electrons. The van der Waals surface area contributed by atoms with Crippen molar-refractivity contribution in [2.24, 2.45) is 7.05 Å². The minimum Gasteiger partial charge on any atom is -0.449 e. The van der Waals surface area contributed by atoms with E-state index in [9.17, 15) is 4.79 Å². The zero-order valence-electron chi connectivity index (χ0n) is 12.5. The summed E-state index contributed by atoms with van der Waals surface area (Å²) in [6.07, 6.45) is 10.3. The molecule has 2 fully saturated rings. The largest absolute Gasteiger partial charge is 0.449 e. The van der Waals surface area contributed by atoms with Gasteiger partial charge in [-0.2, -0.15) is 0 Å². The average Bonchev–Trinajstić information content (AvgIpc) is 3.15. The first kappa shape index (κ1) is 12.6. The number of nitrogens with zero attached hydrogens (tertiary/aromatic N) is 4. The number of aryl methyl sites for hydroxylation is 1. The lowest BCUT2D eigenvalue weighted by Gasteiger charge is -2.38. The Kier molecular flexibility index (Phi) is 2.33. The Morgan fingerprint density at radius 2 is 2.32 bits per heavy atom. The number of hydrogen-bond acceptors (Lipinski definition) is 5. The third kappa shape index (κ3) is 1.46. The first-order valence-electron chi connectivity index (χ1n) is 7.97. The van der Waals surface area contributed by atoms with Gasteiger partial charge in [0.2, 0.25) is 0 Å². The molecule has 0 N–H and O–H groups in total. The van der Waals surface area contributed by atoms with Gasteiger partial charge in [-0.25, -0.2) is 4.79 Å². The van der Waals surface area contributed by atoms with Crippen LogP contribution >= 0.6 is 0 Å². The van der Waals surface area contributed by atoms with Crippen molar-refractivity contribution < 1.29 is 9.53 Å². The van der Waals surface area contributed by atoms with E-state index in [-0.39, 0.29) is 5.97 Å². The van der Waals surface area contributed by atoms with Crippen LogP contribution in [0.3, 0.4) is 0 Å². The Morgan fingerprint density at radius 1 is 1.41 bits per heavy atom. The van der Waals surface area contributed by atoms with Crippen molar-refractivity contribution in [2.75, 3.05) is 6.54 Å². The van der Waals surface area contributed by atoms with Gasteiger partial charge in [-0.1, -0.05) is 17.7 Å². The second-order valence-corrected chi connectivity index (χ2v) is 6.75. The highest BCUT2D eigenvalue weighted by Gasteiger charge is 2.62. The lowest BCUT2D eigenvalue weighted by Crippen LogP contribution is -2.48. The molecule has 0 radical (unpaired) electrons. The van der Waals surface area contributed by atoms with E-state index in [1.54, 1.807) is 10.8 Å². The summed E-state index contributed by atoms with van der Waals surface area (Å²) in [6.45, 7) is 1.09. The molecule has 0 saturated carbocycles. The molecule has 1 aliphatic carbocycles. The Morgan fingerprint density at radius 3 is 3.14 bits per heavy atom. The molecule has 4 heterocycles. The van der Waals surface area contributed by atoms with Gasteiger partial charge in [0.15, 0.2) is 5.60 Å². The molecular weight excluding hydrogens is 280 g/mol. The van der Waals surface area contributed by atoms with Crippen LogP contribution in [0, 0.1) is 0 Å². The van der Waals surface area contributed by atoms with Crippen molar-refractivity contribution in [3.8, 4) is 0 Å². The molecule has 1 aromatic rings. The third-order valence-electron chi connectivity index (χ3n) is 5.55. The zero-order valence-corrected chi connectivity index (χ0v) is 12.5. The van der Waals surface area contributed by atoms with Crippen LogP contribution in [0.4, 0.5) is 0 Å². The fraction of sp³-hybridized carbons (Fsp3) is 0.562. The number of aromatic nitrogens is 3. The van der Waals surface area contributed by atoms with Crippen molar-refractivity contribution in [3.05, 3.63) is 29.6 Å². The minimum atomic E-state index is -0.455. The second-order valence-electron chi connectivity index (χ2n) is 6.75. The summed E-state index contributed by atoms with van der Waals surface area (Å²) in [5.41, 5.74) is 2.43. The van der Waals surface area contributed by atoms with Crippen molar-refractivity contribution in [2.45, 2.75) is 43.4 Å². The van der Waals surface area contributed by atoms with E-state index in [0.29, 0.717) is 12.1 Å². The average molecular weight is 298 g/mol. The Balaban J connectivity index is 1.68. The number of carbonyl (C=O) groups excluding carboxylic acids is 1. The van der Waals surface area contributed by atoms with E-state index in [0.717, 1.165) is 36.2 Å². The first-order valence-corrected chi connectivity index (χ1v) is 7.97. The predicted molar refractivity (Wildman–Crippen MR) is 78.6 cm³/mol. The van der Waals surface area contributed by atoms with Crippen LogP contribution in [0.2, 0.25) is 0 Å². The van der Waals surface area contributed by atoms with Crippen molar-refractivity contribution in [1.29, 1.82) is 0 Å². The molecule has 1 aromatic heterocycles. The SMILES string of the molecule is Cn1cc(C2=C[C@@H]3C[C@@]4(OC(=O)C=C24)[C@H]2CCCCN32)nn1. The number of esters is 1. The van der Waals surface area contributed by atoms with Gasteiger partial charge in [-0.15, -0.1) is 5.10 Å². The van der Waals surface area contributed by atoms with Crippen LogP contribution < -0.4 is 0 Å². The van der Waals surface area contributed by atoms with Gasteiger partial charge in [0, 0.05) is 36.7 Å². The molecule has 0 aromatic carbocycles. The maximum atomic E-state index is 12.1. The third-order valence-corrected chi connectivity index (χ3v) is 5.55. The molecule has 0 amide bonds. The molecule has 5 rings (SSSR count). The first-order chi connectivity index (χ1) is 10.7. The van der Waals surface area contributed by atoms with E-state index in [1.165, 1.54) is 12.8 Å². The Hall–Kier alpha value is -1.95. The molecule has 6 heteroatoms. The van der Waals surface area contributed by atoms with Gasteiger partial charge < -0.3 is 4.74 Å². The quantitative estimate of drug-likeness (QED) is 0.726. The maximum absolute atomic E-state index is 12.1.